The van der Waals surface area contributed by atoms with Crippen molar-refractivity contribution in [2.24, 2.45) is 0 Å². The molecule has 1 saturated heterocycles. The van der Waals surface area contributed by atoms with Crippen molar-refractivity contribution in [3.05, 3.63) is 128 Å². The third-order valence-corrected chi connectivity index (χ3v) is 10.7. The van der Waals surface area contributed by atoms with Crippen molar-refractivity contribution in [1.29, 1.82) is 0 Å². The van der Waals surface area contributed by atoms with Gasteiger partial charge in [-0.2, -0.15) is 0 Å². The number of aromatic nitrogens is 2. The van der Waals surface area contributed by atoms with E-state index in [0.29, 0.717) is 42.7 Å². The van der Waals surface area contributed by atoms with Crippen molar-refractivity contribution in [2.45, 2.75) is 63.1 Å². The van der Waals surface area contributed by atoms with E-state index >= 15 is 0 Å². The van der Waals surface area contributed by atoms with Crippen LogP contribution in [0.15, 0.2) is 94.6 Å². The van der Waals surface area contributed by atoms with Crippen LogP contribution in [0, 0.1) is 6.92 Å². The van der Waals surface area contributed by atoms with Gasteiger partial charge in [-0.3, -0.25) is 27.9 Å². The molecule has 3 aromatic carbocycles. The zero-order valence-corrected chi connectivity index (χ0v) is 31.7. The zero-order valence-electron chi connectivity index (χ0n) is 30.8. The van der Waals surface area contributed by atoms with Gasteiger partial charge in [0, 0.05) is 31.4 Å². The van der Waals surface area contributed by atoms with Gasteiger partial charge in [0.1, 0.15) is 35.5 Å². The summed E-state index contributed by atoms with van der Waals surface area (Å²) in [4.78, 5) is 27.6. The highest BCUT2D eigenvalue weighted by atomic mass is 31.2. The molecule has 292 valence electrons. The van der Waals surface area contributed by atoms with Crippen LogP contribution >= 0.6 is 7.82 Å². The quantitative estimate of drug-likeness (QED) is 0.0573. The minimum Gasteiger partial charge on any atom is -0.497 e. The minimum absolute atomic E-state index is 0.0133. The average molecular weight is 769 g/mol. The highest BCUT2D eigenvalue weighted by molar-refractivity contribution is 7.48. The summed E-state index contributed by atoms with van der Waals surface area (Å²) < 4.78 is 57.7. The number of hydrogen-bond donors (Lipinski definition) is 3. The smallest absolute Gasteiger partial charge is 0.475 e. The molecule has 14 nitrogen and oxygen atoms in total. The molecule has 0 unspecified atom stereocenters. The molecule has 0 saturated carbocycles. The lowest BCUT2D eigenvalue weighted by atomic mass is 9.80. The first kappa shape index (κ1) is 41.1. The lowest BCUT2D eigenvalue weighted by Gasteiger charge is -2.37. The molecule has 0 aliphatic carbocycles. The lowest BCUT2D eigenvalue weighted by Crippen LogP contribution is -2.38. The van der Waals surface area contributed by atoms with Gasteiger partial charge in [-0.1, -0.05) is 54.6 Å². The molecular weight excluding hydrogens is 719 g/mol. The van der Waals surface area contributed by atoms with Crippen LogP contribution in [-0.2, 0) is 33.2 Å². The van der Waals surface area contributed by atoms with Crippen molar-refractivity contribution < 1.29 is 47.3 Å². The molecule has 0 radical (unpaired) electrons. The Bertz CT molecular complexity index is 1850. The van der Waals surface area contributed by atoms with Crippen LogP contribution in [0.3, 0.4) is 0 Å². The molecule has 2 heterocycles. The Balaban J connectivity index is 1.56. The molecule has 5 rings (SSSR count). The van der Waals surface area contributed by atoms with Gasteiger partial charge in [0.05, 0.1) is 34.0 Å². The van der Waals surface area contributed by atoms with Gasteiger partial charge in [-0.05, 0) is 73.6 Å². The molecule has 1 aliphatic rings. The zero-order chi connectivity index (χ0) is 38.6. The largest absolute Gasteiger partial charge is 0.497 e. The Labute approximate surface area is 314 Å². The molecule has 0 bridgehead atoms. The van der Waals surface area contributed by atoms with E-state index in [4.69, 9.17) is 32.5 Å². The van der Waals surface area contributed by atoms with Gasteiger partial charge in [-0.15, -0.1) is 0 Å². The minimum atomic E-state index is -4.26. The maximum Gasteiger partial charge on any atom is 0.475 e. The second kappa shape index (κ2) is 19.5. The van der Waals surface area contributed by atoms with E-state index in [1.54, 1.807) is 21.1 Å². The summed E-state index contributed by atoms with van der Waals surface area (Å²) in [5, 5.41) is 18.6. The van der Waals surface area contributed by atoms with Gasteiger partial charge in [0.2, 0.25) is 0 Å². The number of ether oxygens (including phenoxy) is 4. The average Bonchev–Trinajstić information content (AvgIpc) is 3.59. The van der Waals surface area contributed by atoms with Crippen molar-refractivity contribution in [2.75, 3.05) is 47.3 Å². The number of rotatable bonds is 21. The number of nitrogens with zero attached hydrogens (tertiary/aromatic N) is 1. The van der Waals surface area contributed by atoms with Crippen LogP contribution in [0.4, 0.5) is 0 Å². The fourth-order valence-corrected chi connectivity index (χ4v) is 7.71. The molecule has 3 N–H and O–H groups in total. The summed E-state index contributed by atoms with van der Waals surface area (Å²) in [6, 6.07) is 24.7. The molecule has 1 aliphatic heterocycles. The summed E-state index contributed by atoms with van der Waals surface area (Å²) in [6.07, 6.45) is 0.186. The van der Waals surface area contributed by atoms with Gasteiger partial charge in [0.25, 0.3) is 5.56 Å². The van der Waals surface area contributed by atoms with Crippen molar-refractivity contribution in [3.63, 3.8) is 0 Å². The third-order valence-electron chi connectivity index (χ3n) is 9.14. The fraction of sp³-hybridized carbons (Fsp3) is 0.436. The Kier molecular flexibility index (Phi) is 14.8. The Morgan fingerprint density at radius 3 is 1.87 bits per heavy atom. The van der Waals surface area contributed by atoms with E-state index in [0.717, 1.165) is 16.7 Å². The second-order valence-electron chi connectivity index (χ2n) is 12.8. The van der Waals surface area contributed by atoms with Crippen LogP contribution < -0.4 is 20.7 Å². The van der Waals surface area contributed by atoms with Gasteiger partial charge < -0.3 is 29.2 Å². The molecule has 15 heteroatoms. The predicted octanol–water partition coefficient (Wildman–Crippen LogP) is 5.23. The van der Waals surface area contributed by atoms with Gasteiger partial charge in [-0.25, -0.2) is 9.36 Å². The number of phosphoric acid groups is 1. The van der Waals surface area contributed by atoms with E-state index in [2.05, 4.69) is 4.98 Å². The molecular formula is C39H49N2O12P. The summed E-state index contributed by atoms with van der Waals surface area (Å²) in [6.45, 7) is 1.27. The first-order valence-corrected chi connectivity index (χ1v) is 19.4. The maximum atomic E-state index is 14.2. The topological polar surface area (TPSA) is 177 Å². The van der Waals surface area contributed by atoms with E-state index in [1.807, 2.05) is 78.9 Å². The van der Waals surface area contributed by atoms with Gasteiger partial charge in [0.15, 0.2) is 0 Å². The molecule has 0 spiro atoms. The number of aryl methyl sites for hydroxylation is 1. The Morgan fingerprint density at radius 1 is 0.815 bits per heavy atom. The highest BCUT2D eigenvalue weighted by Crippen LogP contribution is 2.54. The van der Waals surface area contributed by atoms with Crippen molar-refractivity contribution in [3.8, 4) is 11.5 Å². The summed E-state index contributed by atoms with van der Waals surface area (Å²) in [5.41, 5.74) is 0.184. The number of nitrogens with one attached hydrogen (secondary N) is 1. The number of unbranched alkanes of at least 4 members (excludes halogenated alkanes) is 2. The molecule has 54 heavy (non-hydrogen) atoms. The van der Waals surface area contributed by atoms with Gasteiger partial charge >= 0.3 is 13.5 Å². The maximum absolute atomic E-state index is 14.2. The first-order chi connectivity index (χ1) is 26.2. The lowest BCUT2D eigenvalue weighted by molar-refractivity contribution is -0.0946. The number of aromatic amines is 1. The van der Waals surface area contributed by atoms with Crippen LogP contribution in [0.2, 0.25) is 0 Å². The highest BCUT2D eigenvalue weighted by Gasteiger charge is 2.46. The molecule has 3 atom stereocenters. The third kappa shape index (κ3) is 9.95. The number of aliphatic hydroxyl groups excluding tert-OH is 2. The van der Waals surface area contributed by atoms with Crippen molar-refractivity contribution in [1.82, 2.24) is 9.55 Å². The molecule has 1 fully saturated rings. The Morgan fingerprint density at radius 2 is 1.35 bits per heavy atom. The SMILES string of the molecule is COc1ccc(C(OC[C@H]2O[C@@H](n3cc(C)c(=O)[nH]c3=O)C[C@@H]2OP(=O)(OCCCCO)OCCCCO)(c2ccccc2)c2ccc(OC)cc2)cc1. The molecule has 0 amide bonds. The molecule has 1 aromatic heterocycles. The van der Waals surface area contributed by atoms with Crippen LogP contribution in [0.1, 0.15) is 60.6 Å². The number of benzene rings is 3. The van der Waals surface area contributed by atoms with E-state index in [1.165, 1.54) is 10.8 Å². The number of hydrogen-bond acceptors (Lipinski definition) is 12. The van der Waals surface area contributed by atoms with Crippen molar-refractivity contribution >= 4 is 7.82 Å². The normalized spacial score (nSPS) is 17.5. The standard InChI is InChI=1S/C39H49N2O12P/c1-28-26-41(38(45)40-37(28)44)36-25-34(53-54(46,50-23-9-7-21-42)51-24-10-8-22-43)35(52-36)27-49-39(29-11-5-4-6-12-29,30-13-17-32(47-2)18-14-30)31-15-19-33(48-3)20-16-31/h4-6,11-20,26,34-36,42-43H,7-10,21-25,27H2,1-3H3,(H,40,44,45)/t34-,35+,36+/m0/s1. The summed E-state index contributed by atoms with van der Waals surface area (Å²) in [7, 11) is -1.08. The Hall–Kier alpha value is -4.11. The predicted molar refractivity (Wildman–Crippen MR) is 200 cm³/mol. The van der Waals surface area contributed by atoms with E-state index < -0.39 is 43.1 Å². The number of methoxy groups -OCH3 is 2. The summed E-state index contributed by atoms with van der Waals surface area (Å²) in [5.74, 6) is 1.31. The molecule has 4 aromatic rings. The van der Waals surface area contributed by atoms with Crippen LogP contribution in [-0.4, -0.2) is 79.2 Å². The fourth-order valence-electron chi connectivity index (χ4n) is 6.26. The summed E-state index contributed by atoms with van der Waals surface area (Å²) >= 11 is 0. The number of phosphoric ester groups is 1. The monoisotopic (exact) mass is 768 g/mol. The second-order valence-corrected chi connectivity index (χ2v) is 14.4. The van der Waals surface area contributed by atoms with Crippen LogP contribution in [0.5, 0.6) is 11.5 Å². The first-order valence-electron chi connectivity index (χ1n) is 17.9. The van der Waals surface area contributed by atoms with E-state index in [-0.39, 0.29) is 39.5 Å². The van der Waals surface area contributed by atoms with E-state index in [9.17, 15) is 24.4 Å². The van der Waals surface area contributed by atoms with Crippen LogP contribution in [0.25, 0.3) is 0 Å². The number of aliphatic hydroxyl groups is 2. The number of H-pyrrole nitrogens is 1.